The van der Waals surface area contributed by atoms with E-state index in [0.29, 0.717) is 12.2 Å². The molecule has 74 valence electrons. The van der Waals surface area contributed by atoms with Gasteiger partial charge in [0, 0.05) is 0 Å². The molecule has 0 fully saturated rings. The number of hydrogen-bond donors (Lipinski definition) is 0. The van der Waals surface area contributed by atoms with Gasteiger partial charge < -0.3 is 9.47 Å². The summed E-state index contributed by atoms with van der Waals surface area (Å²) in [5, 5.41) is 0. The summed E-state index contributed by atoms with van der Waals surface area (Å²) in [5.74, 6) is 0.0647. The molecule has 3 heteroatoms. The summed E-state index contributed by atoms with van der Waals surface area (Å²) in [5.41, 5.74) is 0. The lowest BCUT2D eigenvalue weighted by Crippen LogP contribution is -2.26. The normalized spacial score (nSPS) is 19.0. The van der Waals surface area contributed by atoms with E-state index in [-0.39, 0.29) is 5.91 Å². The van der Waals surface area contributed by atoms with E-state index in [1.54, 1.807) is 0 Å². The van der Waals surface area contributed by atoms with E-state index in [9.17, 15) is 0 Å². The van der Waals surface area contributed by atoms with Crippen molar-refractivity contribution in [3.8, 4) is 0 Å². The summed E-state index contributed by atoms with van der Waals surface area (Å²) < 4.78 is 11.2. The van der Waals surface area contributed by atoms with Gasteiger partial charge in [0.1, 0.15) is 5.91 Å². The van der Waals surface area contributed by atoms with E-state index >= 15 is 0 Å². The van der Waals surface area contributed by atoms with Crippen LogP contribution in [-0.4, -0.2) is 28.4 Å². The van der Waals surface area contributed by atoms with Gasteiger partial charge >= 0.3 is 0 Å². The van der Waals surface area contributed by atoms with E-state index < -0.39 is 0 Å². The van der Waals surface area contributed by atoms with Crippen molar-refractivity contribution >= 4 is 10.2 Å². The van der Waals surface area contributed by atoms with Gasteiger partial charge in [-0.3, -0.25) is 0 Å². The fraction of sp³-hybridized carbons (Fsp3) is 1.00. The molecule has 0 amide bonds. The zero-order chi connectivity index (χ0) is 9.56. The molecule has 0 saturated heterocycles. The molecule has 0 aromatic carbocycles. The topological polar surface area (TPSA) is 18.5 Å². The third-order valence-electron chi connectivity index (χ3n) is 2.00. The molecule has 0 aliphatic heterocycles. The molecular weight excluding hydrogens is 168 g/mol. The van der Waals surface area contributed by atoms with Crippen LogP contribution in [0.2, 0.25) is 0 Å². The number of hydrogen-bond acceptors (Lipinski definition) is 2. The fourth-order valence-corrected chi connectivity index (χ4v) is 1.81. The first kappa shape index (κ1) is 12.1. The molecule has 0 saturated carbocycles. The molecule has 0 radical (unpaired) electrons. The van der Waals surface area contributed by atoms with E-state index in [2.05, 4.69) is 27.7 Å². The van der Waals surface area contributed by atoms with Gasteiger partial charge in [-0.1, -0.05) is 13.8 Å². The van der Waals surface area contributed by atoms with Gasteiger partial charge in [0.2, 0.25) is 0 Å². The summed E-state index contributed by atoms with van der Waals surface area (Å²) in [4.78, 5) is 0. The van der Waals surface area contributed by atoms with Gasteiger partial charge in [0.15, 0.2) is 0 Å². The molecular formula is C9H22O2Si. The Balaban J connectivity index is 3.51. The molecule has 0 aromatic heterocycles. The van der Waals surface area contributed by atoms with Crippen LogP contribution >= 0.6 is 0 Å². The molecule has 2 unspecified atom stereocenters. The highest BCUT2D eigenvalue weighted by atomic mass is 28.1. The SMILES string of the molecule is CCC(C)OC([SiH3])OC(C)CC. The molecule has 0 bridgehead atoms. The second kappa shape index (κ2) is 6.63. The zero-order valence-corrected chi connectivity index (χ0v) is 11.0. The third-order valence-corrected chi connectivity index (χ3v) is 2.54. The van der Waals surface area contributed by atoms with Crippen molar-refractivity contribution in [3.05, 3.63) is 0 Å². The molecule has 0 N–H and O–H groups in total. The zero-order valence-electron chi connectivity index (χ0n) is 8.96. The third kappa shape index (κ3) is 5.74. The first-order valence-corrected chi connectivity index (χ1v) is 6.06. The summed E-state index contributed by atoms with van der Waals surface area (Å²) in [7, 11) is 0.950. The van der Waals surface area contributed by atoms with Gasteiger partial charge in [-0.25, -0.2) is 0 Å². The summed E-state index contributed by atoms with van der Waals surface area (Å²) in [6.07, 6.45) is 2.78. The van der Waals surface area contributed by atoms with Crippen molar-refractivity contribution in [2.24, 2.45) is 0 Å². The summed E-state index contributed by atoms with van der Waals surface area (Å²) in [6.45, 7) is 8.43. The molecule has 0 spiro atoms. The highest BCUT2D eigenvalue weighted by Crippen LogP contribution is 2.05. The van der Waals surface area contributed by atoms with Gasteiger partial charge in [0.05, 0.1) is 22.5 Å². The van der Waals surface area contributed by atoms with Crippen molar-refractivity contribution < 1.29 is 9.47 Å². The average molecular weight is 190 g/mol. The summed E-state index contributed by atoms with van der Waals surface area (Å²) >= 11 is 0. The lowest BCUT2D eigenvalue weighted by molar-refractivity contribution is -0.141. The first-order chi connectivity index (χ1) is 5.60. The Hall–Kier alpha value is 0.137. The lowest BCUT2D eigenvalue weighted by atomic mass is 10.3. The quantitative estimate of drug-likeness (QED) is 0.464. The van der Waals surface area contributed by atoms with Crippen LogP contribution < -0.4 is 0 Å². The number of rotatable bonds is 6. The Morgan fingerprint density at radius 3 is 1.58 bits per heavy atom. The van der Waals surface area contributed by atoms with Crippen molar-refractivity contribution in [1.82, 2.24) is 0 Å². The Kier molecular flexibility index (Phi) is 6.71. The van der Waals surface area contributed by atoms with Crippen LogP contribution in [0.4, 0.5) is 0 Å². The smallest absolute Gasteiger partial charge is 0.132 e. The predicted octanol–water partition coefficient (Wildman–Crippen LogP) is 1.27. The van der Waals surface area contributed by atoms with Gasteiger partial charge in [0.25, 0.3) is 0 Å². The van der Waals surface area contributed by atoms with E-state index in [1.165, 1.54) is 0 Å². The highest BCUT2D eigenvalue weighted by Gasteiger charge is 2.09. The Morgan fingerprint density at radius 2 is 1.33 bits per heavy atom. The minimum absolute atomic E-state index is 0.0647. The van der Waals surface area contributed by atoms with Gasteiger partial charge in [-0.05, 0) is 26.7 Å². The minimum Gasteiger partial charge on any atom is -0.355 e. The van der Waals surface area contributed by atoms with Crippen LogP contribution in [0.5, 0.6) is 0 Å². The Labute approximate surface area is 79.1 Å². The van der Waals surface area contributed by atoms with Crippen molar-refractivity contribution in [3.63, 3.8) is 0 Å². The maximum absolute atomic E-state index is 5.61. The molecule has 0 rings (SSSR count). The van der Waals surface area contributed by atoms with Gasteiger partial charge in [-0.2, -0.15) is 0 Å². The first-order valence-electron chi connectivity index (χ1n) is 4.91. The number of ether oxygens (including phenoxy) is 2. The fourth-order valence-electron chi connectivity index (χ4n) is 0.879. The van der Waals surface area contributed by atoms with Crippen LogP contribution in [0.3, 0.4) is 0 Å². The molecule has 0 aliphatic carbocycles. The molecule has 0 aromatic rings. The van der Waals surface area contributed by atoms with Crippen LogP contribution in [0.1, 0.15) is 40.5 Å². The molecule has 2 nitrogen and oxygen atoms in total. The standard InChI is InChI=1S/C9H22O2Si/c1-5-7(3)10-9(12)11-8(4)6-2/h7-9H,5-6H2,1-4,12H3. The maximum atomic E-state index is 5.61. The van der Waals surface area contributed by atoms with Crippen LogP contribution in [-0.2, 0) is 9.47 Å². The van der Waals surface area contributed by atoms with Crippen molar-refractivity contribution in [2.45, 2.75) is 58.7 Å². The molecule has 0 aliphatic rings. The van der Waals surface area contributed by atoms with Crippen LogP contribution in [0.25, 0.3) is 0 Å². The molecule has 2 atom stereocenters. The average Bonchev–Trinajstić information content (AvgIpc) is 2.03. The molecule has 0 heterocycles. The van der Waals surface area contributed by atoms with E-state index in [1.807, 2.05) is 0 Å². The van der Waals surface area contributed by atoms with E-state index in [0.717, 1.165) is 23.1 Å². The van der Waals surface area contributed by atoms with E-state index in [4.69, 9.17) is 9.47 Å². The Bertz CT molecular complexity index is 96.7. The molecule has 12 heavy (non-hydrogen) atoms. The Morgan fingerprint density at radius 1 is 1.00 bits per heavy atom. The maximum Gasteiger partial charge on any atom is 0.132 e. The largest absolute Gasteiger partial charge is 0.355 e. The predicted molar refractivity (Wildman–Crippen MR) is 55.4 cm³/mol. The highest BCUT2D eigenvalue weighted by molar-refractivity contribution is 6.10. The monoisotopic (exact) mass is 190 g/mol. The van der Waals surface area contributed by atoms with Gasteiger partial charge in [-0.15, -0.1) is 0 Å². The van der Waals surface area contributed by atoms with Crippen LogP contribution in [0.15, 0.2) is 0 Å². The van der Waals surface area contributed by atoms with Crippen molar-refractivity contribution in [1.29, 1.82) is 0 Å². The van der Waals surface area contributed by atoms with Crippen LogP contribution in [0, 0.1) is 0 Å². The second-order valence-electron chi connectivity index (χ2n) is 3.28. The lowest BCUT2D eigenvalue weighted by Gasteiger charge is -2.21. The van der Waals surface area contributed by atoms with Crippen molar-refractivity contribution in [2.75, 3.05) is 0 Å². The second-order valence-corrected chi connectivity index (χ2v) is 4.22. The summed E-state index contributed by atoms with van der Waals surface area (Å²) in [6, 6.07) is 0. The minimum atomic E-state index is 0.0647.